The summed E-state index contributed by atoms with van der Waals surface area (Å²) >= 11 is 0. The van der Waals surface area contributed by atoms with Crippen LogP contribution in [0.3, 0.4) is 0 Å². The van der Waals surface area contributed by atoms with E-state index in [9.17, 15) is 23.9 Å². The quantitative estimate of drug-likeness (QED) is 0.463. The Morgan fingerprint density at radius 1 is 1.19 bits per heavy atom. The normalized spacial score (nSPS) is 11.5. The van der Waals surface area contributed by atoms with Gasteiger partial charge in [-0.05, 0) is 62.9 Å². The Morgan fingerprint density at radius 3 is 2.32 bits per heavy atom. The minimum atomic E-state index is -1.17. The summed E-state index contributed by atoms with van der Waals surface area (Å²) in [6.07, 6.45) is 0. The number of amides is 2. The third kappa shape index (κ3) is 5.38. The fraction of sp³-hybridized carbons (Fsp3) is 0.435. The van der Waals surface area contributed by atoms with Crippen molar-refractivity contribution < 1.29 is 23.9 Å². The first-order valence-electron chi connectivity index (χ1n) is 10.1. The second kappa shape index (κ2) is 9.01. The SMILES string of the molecule is Cc1cc(NC(=O)c2c(C)c(C(=O)C(=O)NCC(C)(C)O)n(C)c2C(C)C)ccc1F. The molecule has 31 heavy (non-hydrogen) atoms. The summed E-state index contributed by atoms with van der Waals surface area (Å²) in [4.78, 5) is 38.4. The molecule has 0 aliphatic heterocycles. The van der Waals surface area contributed by atoms with E-state index >= 15 is 0 Å². The summed E-state index contributed by atoms with van der Waals surface area (Å²) in [6.45, 7) is 9.93. The number of ketones is 1. The standard InChI is InChI=1S/C23H30FN3O4/c1-12(2)18-17(21(29)26-15-8-9-16(24)13(3)10-15)14(4)19(27(18)7)20(28)22(30)25-11-23(5,6)31/h8-10,12,31H,11H2,1-7H3,(H,25,30)(H,26,29). The molecule has 7 nitrogen and oxygen atoms in total. The number of rotatable bonds is 7. The molecule has 0 spiro atoms. The fourth-order valence-electron chi connectivity index (χ4n) is 3.54. The summed E-state index contributed by atoms with van der Waals surface area (Å²) < 4.78 is 15.1. The zero-order valence-corrected chi connectivity index (χ0v) is 19.0. The zero-order chi connectivity index (χ0) is 23.7. The third-order valence-corrected chi connectivity index (χ3v) is 4.98. The Hall–Kier alpha value is -3.00. The van der Waals surface area contributed by atoms with Crippen LogP contribution in [0.25, 0.3) is 0 Å². The molecule has 1 heterocycles. The number of Topliss-reactive ketones (excluding diaryl/α,β-unsaturated/α-hetero) is 1. The van der Waals surface area contributed by atoms with Crippen molar-refractivity contribution in [1.29, 1.82) is 0 Å². The molecular formula is C23H30FN3O4. The lowest BCUT2D eigenvalue weighted by Crippen LogP contribution is -2.41. The highest BCUT2D eigenvalue weighted by atomic mass is 19.1. The summed E-state index contributed by atoms with van der Waals surface area (Å²) in [5, 5.41) is 15.0. The van der Waals surface area contributed by atoms with Gasteiger partial charge in [0, 0.05) is 25.0 Å². The monoisotopic (exact) mass is 431 g/mol. The molecule has 0 atom stereocenters. The molecule has 1 aromatic heterocycles. The lowest BCUT2D eigenvalue weighted by Gasteiger charge is -2.17. The molecule has 0 aliphatic rings. The molecule has 0 bridgehead atoms. The molecule has 8 heteroatoms. The summed E-state index contributed by atoms with van der Waals surface area (Å²) in [6, 6.07) is 4.26. The largest absolute Gasteiger partial charge is 0.389 e. The number of aromatic nitrogens is 1. The van der Waals surface area contributed by atoms with Crippen LogP contribution in [-0.2, 0) is 11.8 Å². The van der Waals surface area contributed by atoms with Gasteiger partial charge in [0.2, 0.25) is 0 Å². The Labute approximate surface area is 181 Å². The van der Waals surface area contributed by atoms with Gasteiger partial charge in [-0.1, -0.05) is 13.8 Å². The smallest absolute Gasteiger partial charge is 0.294 e. The molecule has 0 unspecified atom stereocenters. The number of halogens is 1. The summed E-state index contributed by atoms with van der Waals surface area (Å²) in [5.41, 5.74) is 1.05. The van der Waals surface area contributed by atoms with E-state index in [1.54, 1.807) is 25.5 Å². The molecule has 0 saturated heterocycles. The van der Waals surface area contributed by atoms with Crippen LogP contribution < -0.4 is 10.6 Å². The van der Waals surface area contributed by atoms with Gasteiger partial charge < -0.3 is 20.3 Å². The summed E-state index contributed by atoms with van der Waals surface area (Å²) in [5.74, 6) is -2.58. The van der Waals surface area contributed by atoms with Gasteiger partial charge in [0.05, 0.1) is 16.9 Å². The number of nitrogens with zero attached hydrogens (tertiary/aromatic N) is 1. The van der Waals surface area contributed by atoms with Crippen molar-refractivity contribution in [3.63, 3.8) is 0 Å². The van der Waals surface area contributed by atoms with Gasteiger partial charge in [-0.15, -0.1) is 0 Å². The van der Waals surface area contributed by atoms with E-state index in [1.165, 1.54) is 32.0 Å². The van der Waals surface area contributed by atoms with E-state index in [-0.39, 0.29) is 24.0 Å². The molecular weight excluding hydrogens is 401 g/mol. The third-order valence-electron chi connectivity index (χ3n) is 4.98. The van der Waals surface area contributed by atoms with E-state index in [2.05, 4.69) is 10.6 Å². The van der Waals surface area contributed by atoms with Gasteiger partial charge in [-0.3, -0.25) is 14.4 Å². The summed E-state index contributed by atoms with van der Waals surface area (Å²) in [7, 11) is 1.64. The minimum Gasteiger partial charge on any atom is -0.389 e. The molecule has 2 rings (SSSR count). The highest BCUT2D eigenvalue weighted by Crippen LogP contribution is 2.29. The number of hydrogen-bond donors (Lipinski definition) is 3. The molecule has 3 N–H and O–H groups in total. The van der Waals surface area contributed by atoms with E-state index in [1.807, 2.05) is 13.8 Å². The van der Waals surface area contributed by atoms with Gasteiger partial charge in [0.25, 0.3) is 17.6 Å². The zero-order valence-electron chi connectivity index (χ0n) is 19.0. The van der Waals surface area contributed by atoms with Crippen molar-refractivity contribution in [1.82, 2.24) is 9.88 Å². The number of nitrogens with one attached hydrogen (secondary N) is 2. The van der Waals surface area contributed by atoms with Gasteiger partial charge >= 0.3 is 0 Å². The molecule has 0 aliphatic carbocycles. The second-order valence-electron chi connectivity index (χ2n) is 8.69. The topological polar surface area (TPSA) is 100 Å². The molecule has 168 valence electrons. The molecule has 0 saturated carbocycles. The number of aryl methyl sites for hydroxylation is 1. The van der Waals surface area contributed by atoms with Crippen molar-refractivity contribution in [2.75, 3.05) is 11.9 Å². The predicted octanol–water partition coefficient (Wildman–Crippen LogP) is 3.23. The van der Waals surface area contributed by atoms with Crippen LogP contribution in [-0.4, -0.2) is 39.4 Å². The van der Waals surface area contributed by atoms with Gasteiger partial charge in [0.1, 0.15) is 5.82 Å². The first-order chi connectivity index (χ1) is 14.2. The van der Waals surface area contributed by atoms with Gasteiger partial charge in [0.15, 0.2) is 0 Å². The van der Waals surface area contributed by atoms with E-state index < -0.39 is 23.2 Å². The van der Waals surface area contributed by atoms with E-state index in [0.29, 0.717) is 28.1 Å². The number of hydrogen-bond acceptors (Lipinski definition) is 4. The number of carbonyl (C=O) groups excluding carboxylic acids is 3. The maximum Gasteiger partial charge on any atom is 0.294 e. The second-order valence-corrected chi connectivity index (χ2v) is 8.69. The first-order valence-corrected chi connectivity index (χ1v) is 10.1. The molecule has 2 amide bonds. The van der Waals surface area contributed by atoms with Crippen LogP contribution in [0.4, 0.5) is 10.1 Å². The van der Waals surface area contributed by atoms with E-state index in [0.717, 1.165) is 0 Å². The lowest BCUT2D eigenvalue weighted by atomic mass is 10.0. The van der Waals surface area contributed by atoms with Crippen molar-refractivity contribution >= 4 is 23.3 Å². The van der Waals surface area contributed by atoms with Gasteiger partial charge in [-0.2, -0.15) is 0 Å². The molecule has 0 fully saturated rings. The van der Waals surface area contributed by atoms with Crippen molar-refractivity contribution in [2.45, 2.75) is 53.1 Å². The average molecular weight is 432 g/mol. The Kier molecular flexibility index (Phi) is 7.06. The first kappa shape index (κ1) is 24.3. The van der Waals surface area contributed by atoms with Crippen LogP contribution in [0.5, 0.6) is 0 Å². The Balaban J connectivity index is 2.44. The average Bonchev–Trinajstić information content (AvgIpc) is 2.92. The van der Waals surface area contributed by atoms with Crippen molar-refractivity contribution in [2.24, 2.45) is 7.05 Å². The van der Waals surface area contributed by atoms with Crippen LogP contribution in [0.1, 0.15) is 71.3 Å². The molecule has 1 aromatic carbocycles. The molecule has 0 radical (unpaired) electrons. The van der Waals surface area contributed by atoms with Crippen molar-refractivity contribution in [3.05, 3.63) is 52.1 Å². The fourth-order valence-corrected chi connectivity index (χ4v) is 3.54. The number of aliphatic hydroxyl groups is 1. The number of anilines is 1. The Morgan fingerprint density at radius 2 is 1.81 bits per heavy atom. The highest BCUT2D eigenvalue weighted by Gasteiger charge is 2.31. The van der Waals surface area contributed by atoms with Crippen LogP contribution in [0.15, 0.2) is 18.2 Å². The maximum absolute atomic E-state index is 13.5. The van der Waals surface area contributed by atoms with Crippen molar-refractivity contribution in [3.8, 4) is 0 Å². The predicted molar refractivity (Wildman–Crippen MR) is 117 cm³/mol. The Bertz CT molecular complexity index is 1030. The van der Waals surface area contributed by atoms with Crippen LogP contribution >= 0.6 is 0 Å². The van der Waals surface area contributed by atoms with Crippen LogP contribution in [0, 0.1) is 19.7 Å². The lowest BCUT2D eigenvalue weighted by molar-refractivity contribution is -0.118. The number of benzene rings is 1. The highest BCUT2D eigenvalue weighted by molar-refractivity contribution is 6.43. The number of carbonyl (C=O) groups is 3. The molecule has 2 aromatic rings. The maximum atomic E-state index is 13.5. The van der Waals surface area contributed by atoms with E-state index in [4.69, 9.17) is 0 Å². The van der Waals surface area contributed by atoms with Gasteiger partial charge in [-0.25, -0.2) is 4.39 Å². The minimum absolute atomic E-state index is 0.0880. The van der Waals surface area contributed by atoms with Crippen LogP contribution in [0.2, 0.25) is 0 Å².